The molecular formula is C5H11NO4. The minimum atomic E-state index is -1.30. The van der Waals surface area contributed by atoms with Gasteiger partial charge in [-0.05, 0) is 0 Å². The smallest absolute Gasteiger partial charge is 0.184 e. The molecule has 0 spiro atoms. The van der Waals surface area contributed by atoms with Crippen molar-refractivity contribution in [3.63, 3.8) is 0 Å². The number of hydrogen-bond acceptors (Lipinski definition) is 5. The van der Waals surface area contributed by atoms with Crippen LogP contribution < -0.4 is 5.73 Å². The van der Waals surface area contributed by atoms with Gasteiger partial charge in [0.15, 0.2) is 6.29 Å². The van der Waals surface area contributed by atoms with E-state index in [2.05, 4.69) is 4.74 Å². The van der Waals surface area contributed by atoms with Gasteiger partial charge in [-0.2, -0.15) is 0 Å². The average Bonchev–Trinajstić information content (AvgIpc) is 2.17. The van der Waals surface area contributed by atoms with Gasteiger partial charge in [0.1, 0.15) is 18.3 Å². The van der Waals surface area contributed by atoms with Gasteiger partial charge in [-0.25, -0.2) is 0 Å². The van der Waals surface area contributed by atoms with E-state index >= 15 is 0 Å². The maximum atomic E-state index is 9.01. The molecule has 0 aromatic rings. The van der Waals surface area contributed by atoms with Crippen molar-refractivity contribution in [2.24, 2.45) is 5.73 Å². The molecule has 2 unspecified atom stereocenters. The Labute approximate surface area is 58.0 Å². The number of hydrogen-bond donors (Lipinski definition) is 4. The third kappa shape index (κ3) is 1.14. The van der Waals surface area contributed by atoms with Gasteiger partial charge in [0.2, 0.25) is 0 Å². The van der Waals surface area contributed by atoms with Crippen LogP contribution in [0.15, 0.2) is 0 Å². The highest BCUT2D eigenvalue weighted by Crippen LogP contribution is 2.17. The van der Waals surface area contributed by atoms with Crippen LogP contribution in [-0.4, -0.2) is 46.5 Å². The molecule has 1 saturated heterocycles. The first-order valence-electron chi connectivity index (χ1n) is 3.06. The second kappa shape index (κ2) is 2.81. The van der Waals surface area contributed by atoms with Crippen molar-refractivity contribution >= 4 is 0 Å². The van der Waals surface area contributed by atoms with E-state index in [9.17, 15) is 0 Å². The number of rotatable bonds is 1. The van der Waals surface area contributed by atoms with Crippen LogP contribution >= 0.6 is 0 Å². The molecule has 4 atom stereocenters. The molecule has 60 valence electrons. The van der Waals surface area contributed by atoms with E-state index in [0.717, 1.165) is 0 Å². The molecule has 5 N–H and O–H groups in total. The van der Waals surface area contributed by atoms with Gasteiger partial charge in [-0.3, -0.25) is 0 Å². The molecule has 5 nitrogen and oxygen atoms in total. The molecule has 10 heavy (non-hydrogen) atoms. The van der Waals surface area contributed by atoms with E-state index in [0.29, 0.717) is 0 Å². The summed E-state index contributed by atoms with van der Waals surface area (Å²) >= 11 is 0. The minimum absolute atomic E-state index is 0.0925. The van der Waals surface area contributed by atoms with Crippen LogP contribution in [0.5, 0.6) is 0 Å². The highest BCUT2D eigenvalue weighted by atomic mass is 16.6. The van der Waals surface area contributed by atoms with E-state index in [4.69, 9.17) is 21.1 Å². The summed E-state index contributed by atoms with van der Waals surface area (Å²) in [5.41, 5.74) is 5.14. The van der Waals surface area contributed by atoms with Crippen molar-refractivity contribution in [3.05, 3.63) is 0 Å². The number of nitrogens with two attached hydrogens (primary N) is 1. The quantitative estimate of drug-likeness (QED) is 0.327. The first-order valence-corrected chi connectivity index (χ1v) is 3.06. The summed E-state index contributed by atoms with van der Waals surface area (Å²) in [6.07, 6.45) is -4.25. The lowest BCUT2D eigenvalue weighted by Gasteiger charge is -2.10. The van der Waals surface area contributed by atoms with Gasteiger partial charge < -0.3 is 25.8 Å². The highest BCUT2D eigenvalue weighted by molar-refractivity contribution is 4.85. The molecule has 5 heteroatoms. The van der Waals surface area contributed by atoms with E-state index in [-0.39, 0.29) is 6.54 Å². The molecule has 1 aliphatic rings. The second-order valence-electron chi connectivity index (χ2n) is 2.28. The molecule has 0 aromatic heterocycles. The topological polar surface area (TPSA) is 95.9 Å². The predicted molar refractivity (Wildman–Crippen MR) is 31.9 cm³/mol. The third-order valence-corrected chi connectivity index (χ3v) is 1.57. The summed E-state index contributed by atoms with van der Waals surface area (Å²) in [5.74, 6) is 0. The van der Waals surface area contributed by atoms with Crippen molar-refractivity contribution in [3.8, 4) is 0 Å². The zero-order chi connectivity index (χ0) is 7.72. The number of aliphatic hydroxyl groups excluding tert-OH is 3. The summed E-state index contributed by atoms with van der Waals surface area (Å²) in [4.78, 5) is 0. The van der Waals surface area contributed by atoms with E-state index in [1.165, 1.54) is 0 Å². The minimum Gasteiger partial charge on any atom is -0.387 e. The van der Waals surface area contributed by atoms with Gasteiger partial charge in [0.25, 0.3) is 0 Å². The number of ether oxygens (including phenoxy) is 1. The van der Waals surface area contributed by atoms with Gasteiger partial charge in [0, 0.05) is 6.54 Å². The Hall–Kier alpha value is -0.200. The van der Waals surface area contributed by atoms with Crippen molar-refractivity contribution in [2.75, 3.05) is 6.54 Å². The number of aliphatic hydroxyl groups is 3. The Kier molecular flexibility index (Phi) is 2.22. The van der Waals surface area contributed by atoms with Crippen LogP contribution in [0.1, 0.15) is 0 Å². The van der Waals surface area contributed by atoms with Crippen LogP contribution in [0.2, 0.25) is 0 Å². The molecule has 1 aliphatic heterocycles. The van der Waals surface area contributed by atoms with Crippen molar-refractivity contribution in [1.29, 1.82) is 0 Å². The fourth-order valence-electron chi connectivity index (χ4n) is 0.924. The lowest BCUT2D eigenvalue weighted by atomic mass is 10.1. The molecule has 1 fully saturated rings. The molecule has 0 saturated carbocycles. The van der Waals surface area contributed by atoms with Crippen LogP contribution in [0.25, 0.3) is 0 Å². The van der Waals surface area contributed by atoms with Crippen molar-refractivity contribution < 1.29 is 20.1 Å². The third-order valence-electron chi connectivity index (χ3n) is 1.57. The maximum Gasteiger partial charge on any atom is 0.184 e. The van der Waals surface area contributed by atoms with Crippen LogP contribution in [-0.2, 0) is 4.74 Å². The van der Waals surface area contributed by atoms with Crippen LogP contribution in [0.4, 0.5) is 0 Å². The van der Waals surface area contributed by atoms with Gasteiger partial charge >= 0.3 is 0 Å². The summed E-state index contributed by atoms with van der Waals surface area (Å²) in [7, 11) is 0. The zero-order valence-corrected chi connectivity index (χ0v) is 5.34. The van der Waals surface area contributed by atoms with Gasteiger partial charge in [-0.15, -0.1) is 0 Å². The molecule has 0 aliphatic carbocycles. The first-order chi connectivity index (χ1) is 4.66. The van der Waals surface area contributed by atoms with Gasteiger partial charge in [0.05, 0.1) is 0 Å². The molecular weight excluding hydrogens is 138 g/mol. The Bertz CT molecular complexity index is 120. The second-order valence-corrected chi connectivity index (χ2v) is 2.28. The van der Waals surface area contributed by atoms with E-state index in [1.807, 2.05) is 0 Å². The molecule has 0 bridgehead atoms. The fourth-order valence-corrected chi connectivity index (χ4v) is 0.924. The lowest BCUT2D eigenvalue weighted by Crippen LogP contribution is -2.35. The first kappa shape index (κ1) is 7.90. The molecule has 0 amide bonds. The Morgan fingerprint density at radius 2 is 1.80 bits per heavy atom. The summed E-state index contributed by atoms with van der Waals surface area (Å²) < 4.78 is 4.67. The highest BCUT2D eigenvalue weighted by Gasteiger charge is 2.40. The standard InChI is InChI=1S/C5H11NO4/c6-1-2-3(7)4(8)5(9)10-2/h2-5,7-9H,1,6H2/t2-,3?,4?,5-/m1/s1. The Morgan fingerprint density at radius 3 is 2.00 bits per heavy atom. The molecule has 0 radical (unpaired) electrons. The predicted octanol–water partition coefficient (Wildman–Crippen LogP) is -2.62. The summed E-state index contributed by atoms with van der Waals surface area (Å²) in [6, 6.07) is 0. The maximum absolute atomic E-state index is 9.01. The SMILES string of the molecule is NC[C@H]1O[C@@H](O)C(O)C1O. The van der Waals surface area contributed by atoms with Crippen molar-refractivity contribution in [2.45, 2.75) is 24.6 Å². The molecule has 1 heterocycles. The Morgan fingerprint density at radius 1 is 1.20 bits per heavy atom. The van der Waals surface area contributed by atoms with E-state index in [1.54, 1.807) is 0 Å². The van der Waals surface area contributed by atoms with Crippen LogP contribution in [0.3, 0.4) is 0 Å². The average molecular weight is 149 g/mol. The normalized spacial score (nSPS) is 48.0. The largest absolute Gasteiger partial charge is 0.387 e. The summed E-state index contributed by atoms with van der Waals surface area (Å²) in [5, 5.41) is 26.7. The Balaban J connectivity index is 2.53. The van der Waals surface area contributed by atoms with Crippen LogP contribution in [0, 0.1) is 0 Å². The van der Waals surface area contributed by atoms with E-state index < -0.39 is 24.6 Å². The zero-order valence-electron chi connectivity index (χ0n) is 5.34. The fraction of sp³-hybridized carbons (Fsp3) is 1.00. The monoisotopic (exact) mass is 149 g/mol. The lowest BCUT2D eigenvalue weighted by molar-refractivity contribution is -0.125. The summed E-state index contributed by atoms with van der Waals surface area (Å²) in [6.45, 7) is 0.0925. The molecule has 0 aromatic carbocycles. The van der Waals surface area contributed by atoms with Gasteiger partial charge in [-0.1, -0.05) is 0 Å². The van der Waals surface area contributed by atoms with Crippen molar-refractivity contribution in [1.82, 2.24) is 0 Å². The molecule has 1 rings (SSSR count).